The summed E-state index contributed by atoms with van der Waals surface area (Å²) in [5.41, 5.74) is 8.56. The van der Waals surface area contributed by atoms with Crippen LogP contribution in [0.4, 0.5) is 11.5 Å². The van der Waals surface area contributed by atoms with Crippen molar-refractivity contribution in [2.45, 2.75) is 6.92 Å². The number of benzene rings is 1. The fourth-order valence-corrected chi connectivity index (χ4v) is 2.04. The smallest absolute Gasteiger partial charge is 0.292 e. The Hall–Kier alpha value is -4.16. The Bertz CT molecular complexity index is 1010. The lowest BCUT2D eigenvalue weighted by atomic mass is 10.2. The number of nitrogens with zero attached hydrogens (tertiary/aromatic N) is 7. The van der Waals surface area contributed by atoms with Crippen LogP contribution in [0.25, 0.3) is 5.82 Å². The van der Waals surface area contributed by atoms with Crippen LogP contribution < -0.4 is 11.2 Å². The molecule has 2 heterocycles. The number of rotatable bonds is 5. The lowest BCUT2D eigenvalue weighted by Gasteiger charge is -2.02. The van der Waals surface area contributed by atoms with Gasteiger partial charge < -0.3 is 5.73 Å². The third-order valence-corrected chi connectivity index (χ3v) is 3.21. The highest BCUT2D eigenvalue weighted by Crippen LogP contribution is 2.15. The van der Waals surface area contributed by atoms with Crippen LogP contribution in [-0.2, 0) is 0 Å². The summed E-state index contributed by atoms with van der Waals surface area (Å²) in [6.07, 6.45) is 1.26. The van der Waals surface area contributed by atoms with Crippen LogP contribution in [-0.4, -0.2) is 42.4 Å². The van der Waals surface area contributed by atoms with Crippen LogP contribution >= 0.6 is 0 Å². The number of nitro groups is 1. The largest absolute Gasteiger partial charge is 0.378 e. The van der Waals surface area contributed by atoms with Crippen molar-refractivity contribution >= 4 is 23.6 Å². The van der Waals surface area contributed by atoms with E-state index in [2.05, 4.69) is 35.8 Å². The molecule has 1 aromatic carbocycles. The second-order valence-electron chi connectivity index (χ2n) is 4.96. The summed E-state index contributed by atoms with van der Waals surface area (Å²) in [5, 5.41) is 29.1. The van der Waals surface area contributed by atoms with E-state index in [1.54, 1.807) is 13.0 Å². The number of amides is 1. The highest BCUT2D eigenvalue weighted by Gasteiger charge is 2.22. The number of nitro benzene ring substituents is 1. The van der Waals surface area contributed by atoms with Crippen LogP contribution in [0.5, 0.6) is 0 Å². The molecule has 0 aliphatic rings. The van der Waals surface area contributed by atoms with Crippen LogP contribution in [0.3, 0.4) is 0 Å². The molecule has 0 radical (unpaired) electrons. The second-order valence-corrected chi connectivity index (χ2v) is 4.96. The number of hydrogen-bond donors (Lipinski definition) is 2. The maximum absolute atomic E-state index is 12.4. The standard InChI is InChI=1S/C13H11N9O4/c1-7-10(21(20-16-7)12-11(14)18-26-19-12)13(23)17-15-6-8-3-2-4-9(5-8)22(24)25/h2-6H,1H3,(H2,14,18)(H,17,23)/b15-6+. The van der Waals surface area contributed by atoms with Gasteiger partial charge in [0.05, 0.1) is 16.8 Å². The first kappa shape index (κ1) is 16.7. The summed E-state index contributed by atoms with van der Waals surface area (Å²) in [6.45, 7) is 1.56. The third-order valence-electron chi connectivity index (χ3n) is 3.21. The van der Waals surface area contributed by atoms with Gasteiger partial charge in [-0.3, -0.25) is 14.9 Å². The van der Waals surface area contributed by atoms with Crippen molar-refractivity contribution < 1.29 is 14.3 Å². The van der Waals surface area contributed by atoms with Crippen LogP contribution in [0, 0.1) is 17.0 Å². The molecule has 13 nitrogen and oxygen atoms in total. The zero-order valence-electron chi connectivity index (χ0n) is 13.2. The average molecular weight is 357 g/mol. The molecule has 0 spiro atoms. The van der Waals surface area contributed by atoms with Gasteiger partial charge in [-0.25, -0.2) is 10.1 Å². The van der Waals surface area contributed by atoms with Crippen molar-refractivity contribution in [3.05, 3.63) is 51.3 Å². The molecule has 0 aliphatic heterocycles. The first-order valence-corrected chi connectivity index (χ1v) is 7.06. The van der Waals surface area contributed by atoms with Gasteiger partial charge in [0.15, 0.2) is 5.69 Å². The van der Waals surface area contributed by atoms with Crippen molar-refractivity contribution in [2.75, 3.05) is 5.73 Å². The molecule has 1 amide bonds. The fraction of sp³-hybridized carbons (Fsp3) is 0.0769. The third kappa shape index (κ3) is 3.21. The number of non-ortho nitro benzene ring substituents is 1. The Morgan fingerprint density at radius 3 is 2.96 bits per heavy atom. The van der Waals surface area contributed by atoms with Crippen LogP contribution in [0.1, 0.15) is 21.7 Å². The predicted molar refractivity (Wildman–Crippen MR) is 86.5 cm³/mol. The SMILES string of the molecule is Cc1nnn(-c2nonc2N)c1C(=O)N/N=C/c1cccc([N+](=O)[O-])c1. The molecule has 0 saturated carbocycles. The van der Waals surface area contributed by atoms with Gasteiger partial charge in [-0.15, -0.1) is 5.10 Å². The second kappa shape index (κ2) is 6.76. The summed E-state index contributed by atoms with van der Waals surface area (Å²) in [6, 6.07) is 5.76. The van der Waals surface area contributed by atoms with Crippen molar-refractivity contribution in [3.63, 3.8) is 0 Å². The Kier molecular flexibility index (Phi) is 4.34. The predicted octanol–water partition coefficient (Wildman–Crippen LogP) is 0.213. The first-order valence-electron chi connectivity index (χ1n) is 7.06. The summed E-state index contributed by atoms with van der Waals surface area (Å²) < 4.78 is 5.55. The first-order chi connectivity index (χ1) is 12.5. The normalized spacial score (nSPS) is 11.0. The lowest BCUT2D eigenvalue weighted by Crippen LogP contribution is -2.22. The molecule has 0 fully saturated rings. The number of hydrogen-bond acceptors (Lipinski definition) is 10. The minimum absolute atomic E-state index is 0.0124. The van der Waals surface area contributed by atoms with Gasteiger partial charge >= 0.3 is 0 Å². The molecule has 0 atom stereocenters. The van der Waals surface area contributed by atoms with Crippen LogP contribution in [0.15, 0.2) is 34.0 Å². The zero-order chi connectivity index (χ0) is 18.7. The number of hydrazone groups is 1. The van der Waals surface area contributed by atoms with E-state index >= 15 is 0 Å². The molecule has 0 unspecified atom stereocenters. The Morgan fingerprint density at radius 2 is 2.27 bits per heavy atom. The van der Waals surface area contributed by atoms with Gasteiger partial charge in [-0.05, 0) is 17.2 Å². The van der Waals surface area contributed by atoms with Gasteiger partial charge in [0, 0.05) is 17.7 Å². The molecule has 13 heteroatoms. The molecule has 0 saturated heterocycles. The topological polar surface area (TPSA) is 180 Å². The van der Waals surface area contributed by atoms with E-state index in [0.29, 0.717) is 11.3 Å². The number of nitrogen functional groups attached to an aromatic ring is 1. The monoisotopic (exact) mass is 357 g/mol. The van der Waals surface area contributed by atoms with Crippen molar-refractivity contribution in [1.82, 2.24) is 30.7 Å². The summed E-state index contributed by atoms with van der Waals surface area (Å²) in [7, 11) is 0. The molecule has 3 aromatic rings. The molecule has 3 rings (SSSR count). The number of carbonyl (C=O) groups excluding carboxylic acids is 1. The van der Waals surface area contributed by atoms with E-state index in [4.69, 9.17) is 5.73 Å². The van der Waals surface area contributed by atoms with Gasteiger partial charge in [0.1, 0.15) is 0 Å². The number of aromatic nitrogens is 5. The van der Waals surface area contributed by atoms with E-state index in [1.165, 1.54) is 24.4 Å². The molecule has 132 valence electrons. The molecular formula is C13H11N9O4. The van der Waals surface area contributed by atoms with Crippen molar-refractivity contribution in [1.29, 1.82) is 0 Å². The van der Waals surface area contributed by atoms with Gasteiger partial charge in [0.2, 0.25) is 11.6 Å². The summed E-state index contributed by atoms with van der Waals surface area (Å²) in [4.78, 5) is 22.6. The number of anilines is 1. The molecule has 26 heavy (non-hydrogen) atoms. The lowest BCUT2D eigenvalue weighted by molar-refractivity contribution is -0.384. The Labute approximate surface area is 144 Å². The number of nitrogens with one attached hydrogen (secondary N) is 1. The van der Waals surface area contributed by atoms with E-state index < -0.39 is 10.8 Å². The van der Waals surface area contributed by atoms with Gasteiger partial charge in [-0.2, -0.15) is 9.78 Å². The number of nitrogens with two attached hydrogens (primary N) is 1. The van der Waals surface area contributed by atoms with E-state index in [1.807, 2.05) is 0 Å². The quantitative estimate of drug-likeness (QED) is 0.366. The highest BCUT2D eigenvalue weighted by atomic mass is 16.6. The molecule has 3 N–H and O–H groups in total. The van der Waals surface area contributed by atoms with Gasteiger partial charge in [0.25, 0.3) is 11.6 Å². The number of aryl methyl sites for hydroxylation is 1. The molecular weight excluding hydrogens is 346 g/mol. The molecule has 0 bridgehead atoms. The van der Waals surface area contributed by atoms with Crippen molar-refractivity contribution in [3.8, 4) is 5.82 Å². The highest BCUT2D eigenvalue weighted by molar-refractivity contribution is 5.94. The number of carbonyl (C=O) groups is 1. The molecule has 2 aromatic heterocycles. The minimum atomic E-state index is -0.642. The molecule has 0 aliphatic carbocycles. The Balaban J connectivity index is 1.79. The minimum Gasteiger partial charge on any atom is -0.378 e. The van der Waals surface area contributed by atoms with E-state index in [-0.39, 0.29) is 23.0 Å². The zero-order valence-corrected chi connectivity index (χ0v) is 13.2. The maximum atomic E-state index is 12.4. The summed E-state index contributed by atoms with van der Waals surface area (Å²) in [5.74, 6) is -0.695. The summed E-state index contributed by atoms with van der Waals surface area (Å²) >= 11 is 0. The van der Waals surface area contributed by atoms with E-state index in [9.17, 15) is 14.9 Å². The average Bonchev–Trinajstić information content (AvgIpc) is 3.20. The van der Waals surface area contributed by atoms with Gasteiger partial charge in [-0.1, -0.05) is 17.3 Å². The van der Waals surface area contributed by atoms with Crippen molar-refractivity contribution in [2.24, 2.45) is 5.10 Å². The van der Waals surface area contributed by atoms with Crippen LogP contribution in [0.2, 0.25) is 0 Å². The maximum Gasteiger partial charge on any atom is 0.292 e. The fourth-order valence-electron chi connectivity index (χ4n) is 2.04. The van der Waals surface area contributed by atoms with E-state index in [0.717, 1.165) is 4.68 Å². The Morgan fingerprint density at radius 1 is 1.46 bits per heavy atom.